The Kier molecular flexibility index (Phi) is 3.25. The van der Waals surface area contributed by atoms with Crippen molar-refractivity contribution in [3.63, 3.8) is 0 Å². The minimum Gasteiger partial charge on any atom is -0.309 e. The van der Waals surface area contributed by atoms with Crippen molar-refractivity contribution in [1.29, 1.82) is 0 Å². The summed E-state index contributed by atoms with van der Waals surface area (Å²) in [6.45, 7) is 0. The summed E-state index contributed by atoms with van der Waals surface area (Å²) in [4.78, 5) is 0. The Labute approximate surface area is 168 Å². The lowest BCUT2D eigenvalue weighted by Crippen LogP contribution is -1.93. The molecule has 4 aromatic carbocycles. The molecular formula is C24H14BrNS. The fraction of sp³-hybridized carbons (Fsp3) is 0. The van der Waals surface area contributed by atoms with Crippen LogP contribution in [0.4, 0.5) is 0 Å². The van der Waals surface area contributed by atoms with Crippen molar-refractivity contribution in [3.05, 3.63) is 89.4 Å². The maximum Gasteiger partial charge on any atom is 0.0634 e. The molecule has 2 heterocycles. The summed E-state index contributed by atoms with van der Waals surface area (Å²) in [5, 5.41) is 5.28. The number of fused-ring (bicyclic) bond motifs is 7. The lowest BCUT2D eigenvalue weighted by molar-refractivity contribution is 1.19. The van der Waals surface area contributed by atoms with Crippen LogP contribution in [0.1, 0.15) is 0 Å². The molecule has 0 aliphatic carbocycles. The van der Waals surface area contributed by atoms with Crippen LogP contribution in [0.2, 0.25) is 0 Å². The molecule has 0 spiro atoms. The summed E-state index contributed by atoms with van der Waals surface area (Å²) >= 11 is 5.54. The van der Waals surface area contributed by atoms with Gasteiger partial charge in [-0.05, 0) is 36.4 Å². The molecule has 6 aromatic rings. The first-order valence-electron chi connectivity index (χ1n) is 8.90. The highest BCUT2D eigenvalue weighted by Crippen LogP contribution is 2.43. The van der Waals surface area contributed by atoms with E-state index in [-0.39, 0.29) is 0 Å². The number of rotatable bonds is 1. The van der Waals surface area contributed by atoms with Gasteiger partial charge in [-0.1, -0.05) is 64.5 Å². The van der Waals surface area contributed by atoms with E-state index in [4.69, 9.17) is 0 Å². The lowest BCUT2D eigenvalue weighted by atomic mass is 10.1. The van der Waals surface area contributed by atoms with Gasteiger partial charge in [0.05, 0.1) is 11.0 Å². The molecule has 0 N–H and O–H groups in total. The number of nitrogens with zero attached hydrogens (tertiary/aromatic N) is 1. The van der Waals surface area contributed by atoms with Gasteiger partial charge >= 0.3 is 0 Å². The molecule has 0 aliphatic heterocycles. The highest BCUT2D eigenvalue weighted by Gasteiger charge is 2.17. The maximum absolute atomic E-state index is 3.67. The first-order valence-corrected chi connectivity index (χ1v) is 10.5. The molecule has 0 bridgehead atoms. The molecule has 3 heteroatoms. The topological polar surface area (TPSA) is 4.93 Å². The van der Waals surface area contributed by atoms with Gasteiger partial charge in [-0.25, -0.2) is 0 Å². The van der Waals surface area contributed by atoms with Gasteiger partial charge in [-0.3, -0.25) is 0 Å². The van der Waals surface area contributed by atoms with E-state index in [2.05, 4.69) is 105 Å². The van der Waals surface area contributed by atoms with Gasteiger partial charge in [0.15, 0.2) is 0 Å². The zero-order chi connectivity index (χ0) is 18.0. The second kappa shape index (κ2) is 5.69. The summed E-state index contributed by atoms with van der Waals surface area (Å²) < 4.78 is 6.19. The second-order valence-corrected chi connectivity index (χ2v) is 8.76. The molecular weight excluding hydrogens is 414 g/mol. The van der Waals surface area contributed by atoms with E-state index >= 15 is 0 Å². The molecule has 0 radical (unpaired) electrons. The average molecular weight is 428 g/mol. The number of benzene rings is 4. The van der Waals surface area contributed by atoms with Crippen LogP contribution in [-0.2, 0) is 0 Å². The summed E-state index contributed by atoms with van der Waals surface area (Å²) in [6.07, 6.45) is 0. The first kappa shape index (κ1) is 15.4. The van der Waals surface area contributed by atoms with E-state index < -0.39 is 0 Å². The zero-order valence-corrected chi connectivity index (χ0v) is 16.7. The van der Waals surface area contributed by atoms with Gasteiger partial charge in [0.25, 0.3) is 0 Å². The molecule has 0 saturated carbocycles. The van der Waals surface area contributed by atoms with Crippen LogP contribution in [-0.4, -0.2) is 4.57 Å². The normalized spacial score (nSPS) is 11.9. The third kappa shape index (κ3) is 2.16. The van der Waals surface area contributed by atoms with E-state index in [0.717, 1.165) is 4.47 Å². The van der Waals surface area contributed by atoms with Gasteiger partial charge in [0.1, 0.15) is 0 Å². The number of hydrogen-bond donors (Lipinski definition) is 0. The van der Waals surface area contributed by atoms with Crippen molar-refractivity contribution >= 4 is 69.2 Å². The Hall–Kier alpha value is -2.62. The Morgan fingerprint density at radius 3 is 2.33 bits per heavy atom. The molecule has 1 nitrogen and oxygen atoms in total. The lowest BCUT2D eigenvalue weighted by Gasteiger charge is -2.09. The predicted octanol–water partition coefficient (Wildman–Crippen LogP) is 7.91. The quantitative estimate of drug-likeness (QED) is 0.251. The minimum atomic E-state index is 1.10. The number of aromatic nitrogens is 1. The fourth-order valence-corrected chi connectivity index (χ4v) is 5.59. The molecule has 0 fully saturated rings. The van der Waals surface area contributed by atoms with Crippen molar-refractivity contribution in [1.82, 2.24) is 4.57 Å². The van der Waals surface area contributed by atoms with E-state index in [0.29, 0.717) is 0 Å². The monoisotopic (exact) mass is 427 g/mol. The van der Waals surface area contributed by atoms with Crippen LogP contribution in [0, 0.1) is 0 Å². The summed E-state index contributed by atoms with van der Waals surface area (Å²) in [5.74, 6) is 0. The van der Waals surface area contributed by atoms with Gasteiger partial charge < -0.3 is 4.57 Å². The van der Waals surface area contributed by atoms with Gasteiger partial charge in [-0.2, -0.15) is 0 Å². The van der Waals surface area contributed by atoms with Crippen molar-refractivity contribution in [2.75, 3.05) is 0 Å². The average Bonchev–Trinajstić information content (AvgIpc) is 3.23. The van der Waals surface area contributed by atoms with E-state index in [1.807, 2.05) is 11.3 Å². The minimum absolute atomic E-state index is 1.10. The first-order chi connectivity index (χ1) is 13.3. The van der Waals surface area contributed by atoms with Crippen LogP contribution in [0.5, 0.6) is 0 Å². The highest BCUT2D eigenvalue weighted by molar-refractivity contribution is 9.10. The Morgan fingerprint density at radius 2 is 1.44 bits per heavy atom. The van der Waals surface area contributed by atoms with Crippen molar-refractivity contribution in [3.8, 4) is 5.69 Å². The maximum atomic E-state index is 3.67. The number of para-hydroxylation sites is 1. The van der Waals surface area contributed by atoms with E-state index in [1.54, 1.807) is 0 Å². The fourth-order valence-electron chi connectivity index (χ4n) is 4.13. The molecule has 0 saturated heterocycles. The Balaban J connectivity index is 1.95. The van der Waals surface area contributed by atoms with Crippen LogP contribution >= 0.6 is 27.3 Å². The molecule has 0 unspecified atom stereocenters. The molecule has 0 amide bonds. The van der Waals surface area contributed by atoms with Gasteiger partial charge in [0.2, 0.25) is 0 Å². The van der Waals surface area contributed by atoms with Crippen LogP contribution in [0.3, 0.4) is 0 Å². The number of halogens is 1. The van der Waals surface area contributed by atoms with Crippen molar-refractivity contribution in [2.45, 2.75) is 0 Å². The molecule has 0 atom stereocenters. The zero-order valence-electron chi connectivity index (χ0n) is 14.3. The van der Waals surface area contributed by atoms with Crippen molar-refractivity contribution in [2.24, 2.45) is 0 Å². The molecule has 0 aliphatic rings. The highest BCUT2D eigenvalue weighted by atomic mass is 79.9. The smallest absolute Gasteiger partial charge is 0.0634 e. The summed E-state index contributed by atoms with van der Waals surface area (Å²) in [5.41, 5.74) is 3.72. The SMILES string of the molecule is Brc1ccc2c3ccc4sc5ccccc5c4c3n(-c3ccccc3)c2c1. The largest absolute Gasteiger partial charge is 0.309 e. The molecule has 128 valence electrons. The predicted molar refractivity (Wildman–Crippen MR) is 121 cm³/mol. The standard InChI is InChI=1S/C24H14BrNS/c25-15-10-11-17-18-12-13-22-23(19-8-4-5-9-21(19)27-22)24(18)26(20(17)14-15)16-6-2-1-3-7-16/h1-14H. The summed E-state index contributed by atoms with van der Waals surface area (Å²) in [7, 11) is 0. The number of thiophene rings is 1. The Morgan fingerprint density at radius 1 is 0.667 bits per heavy atom. The molecule has 27 heavy (non-hydrogen) atoms. The van der Waals surface area contributed by atoms with Gasteiger partial charge in [-0.15, -0.1) is 11.3 Å². The third-order valence-corrected chi connectivity index (χ3v) is 6.87. The molecule has 6 rings (SSSR count). The van der Waals surface area contributed by atoms with Crippen LogP contribution in [0.15, 0.2) is 89.4 Å². The second-order valence-electron chi connectivity index (χ2n) is 6.77. The summed E-state index contributed by atoms with van der Waals surface area (Å²) in [6, 6.07) is 30.5. The van der Waals surface area contributed by atoms with Crippen LogP contribution in [0.25, 0.3) is 47.7 Å². The van der Waals surface area contributed by atoms with Crippen LogP contribution < -0.4 is 0 Å². The van der Waals surface area contributed by atoms with E-state index in [9.17, 15) is 0 Å². The van der Waals surface area contributed by atoms with Crippen molar-refractivity contribution < 1.29 is 0 Å². The third-order valence-electron chi connectivity index (χ3n) is 5.24. The Bertz CT molecular complexity index is 1470. The van der Waals surface area contributed by atoms with Gasteiger partial charge in [0, 0.05) is 41.1 Å². The van der Waals surface area contributed by atoms with E-state index in [1.165, 1.54) is 47.7 Å². The molecule has 2 aromatic heterocycles. The number of hydrogen-bond acceptors (Lipinski definition) is 1.